The van der Waals surface area contributed by atoms with Gasteiger partial charge < -0.3 is 10.1 Å². The van der Waals surface area contributed by atoms with Crippen molar-refractivity contribution in [1.29, 1.82) is 0 Å². The Morgan fingerprint density at radius 3 is 2.49 bits per heavy atom. The van der Waals surface area contributed by atoms with Crippen molar-refractivity contribution in [1.82, 2.24) is 14.8 Å². The third-order valence-electron chi connectivity index (χ3n) is 4.88. The highest BCUT2D eigenvalue weighted by Crippen LogP contribution is 2.25. The van der Waals surface area contributed by atoms with E-state index in [0.29, 0.717) is 22.8 Å². The number of aromatic nitrogens is 3. The number of carbonyl (C=O) groups excluding carboxylic acids is 1. The van der Waals surface area contributed by atoms with Crippen LogP contribution >= 0.6 is 11.6 Å². The lowest BCUT2D eigenvalue weighted by atomic mass is 10.1. The molecule has 4 aromatic rings. The van der Waals surface area contributed by atoms with Crippen LogP contribution in [0.2, 0.25) is 5.02 Å². The van der Waals surface area contributed by atoms with Gasteiger partial charge in [-0.2, -0.15) is 9.67 Å². The van der Waals surface area contributed by atoms with E-state index in [2.05, 4.69) is 25.5 Å². The smallest absolute Gasteiger partial charge is 0.406 e. The number of aryl methyl sites for hydroxylation is 1. The fraction of sp³-hybridized carbons (Fsp3) is 0.125. The van der Waals surface area contributed by atoms with Crippen LogP contribution in [0.25, 0.3) is 5.69 Å². The molecule has 3 aromatic carbocycles. The maximum Gasteiger partial charge on any atom is 0.573 e. The standard InChI is InChI=1S/C24H19ClF3N5O2/c1-15-5-2-3-8-20(15)21(34)30-23-31-22(29-14-16-6-4-7-17(25)13-16)32-33(23)18-9-11-19(12-10-18)35-24(26,27)28/h2-13H,14H2,1H3,(H2,29,30,31,32,34). The van der Waals surface area contributed by atoms with Crippen molar-refractivity contribution in [2.24, 2.45) is 0 Å². The van der Waals surface area contributed by atoms with Crippen LogP contribution in [0.5, 0.6) is 5.75 Å². The Bertz CT molecular complexity index is 1340. The van der Waals surface area contributed by atoms with Gasteiger partial charge in [-0.1, -0.05) is 41.9 Å². The van der Waals surface area contributed by atoms with E-state index < -0.39 is 12.3 Å². The molecule has 0 saturated heterocycles. The van der Waals surface area contributed by atoms with E-state index in [1.165, 1.54) is 16.8 Å². The molecule has 1 aromatic heterocycles. The van der Waals surface area contributed by atoms with Gasteiger partial charge in [-0.05, 0) is 60.5 Å². The molecule has 0 atom stereocenters. The van der Waals surface area contributed by atoms with Gasteiger partial charge in [0, 0.05) is 17.1 Å². The van der Waals surface area contributed by atoms with Crippen molar-refractivity contribution in [2.45, 2.75) is 19.8 Å². The highest BCUT2D eigenvalue weighted by Gasteiger charge is 2.31. The van der Waals surface area contributed by atoms with Crippen molar-refractivity contribution in [3.8, 4) is 11.4 Å². The summed E-state index contributed by atoms with van der Waals surface area (Å²) in [4.78, 5) is 17.2. The maximum absolute atomic E-state index is 12.9. The number of anilines is 2. The molecule has 35 heavy (non-hydrogen) atoms. The average Bonchev–Trinajstić information content (AvgIpc) is 3.20. The first-order chi connectivity index (χ1) is 16.7. The summed E-state index contributed by atoms with van der Waals surface area (Å²) in [7, 11) is 0. The van der Waals surface area contributed by atoms with E-state index in [-0.39, 0.29) is 17.6 Å². The molecule has 0 aliphatic heterocycles. The average molecular weight is 502 g/mol. The SMILES string of the molecule is Cc1ccccc1C(=O)Nc1nc(NCc2cccc(Cl)c2)nn1-c1ccc(OC(F)(F)F)cc1. The first-order valence-corrected chi connectivity index (χ1v) is 10.7. The van der Waals surface area contributed by atoms with Crippen molar-refractivity contribution < 1.29 is 22.7 Å². The molecular weight excluding hydrogens is 483 g/mol. The molecule has 4 rings (SSSR count). The zero-order chi connectivity index (χ0) is 25.0. The molecule has 1 amide bonds. The van der Waals surface area contributed by atoms with Crippen LogP contribution in [-0.4, -0.2) is 27.0 Å². The monoisotopic (exact) mass is 501 g/mol. The molecule has 180 valence electrons. The number of benzene rings is 3. The van der Waals surface area contributed by atoms with E-state index in [9.17, 15) is 18.0 Å². The predicted molar refractivity (Wildman–Crippen MR) is 126 cm³/mol. The Labute approximate surface area is 203 Å². The van der Waals surface area contributed by atoms with E-state index >= 15 is 0 Å². The molecule has 0 unspecified atom stereocenters. The highest BCUT2D eigenvalue weighted by atomic mass is 35.5. The third-order valence-corrected chi connectivity index (χ3v) is 5.11. The second-order valence-electron chi connectivity index (χ2n) is 7.47. The molecule has 1 heterocycles. The fourth-order valence-corrected chi connectivity index (χ4v) is 3.47. The Hall–Kier alpha value is -4.05. The van der Waals surface area contributed by atoms with E-state index in [1.807, 2.05) is 18.2 Å². The second-order valence-corrected chi connectivity index (χ2v) is 7.90. The fourth-order valence-electron chi connectivity index (χ4n) is 3.26. The second kappa shape index (κ2) is 10.1. The molecule has 0 spiro atoms. The molecule has 7 nitrogen and oxygen atoms in total. The normalized spacial score (nSPS) is 11.2. The van der Waals surface area contributed by atoms with Crippen LogP contribution in [0, 0.1) is 6.92 Å². The van der Waals surface area contributed by atoms with Crippen molar-refractivity contribution in [3.63, 3.8) is 0 Å². The quantitative estimate of drug-likeness (QED) is 0.325. The number of halogens is 4. The van der Waals surface area contributed by atoms with Crippen LogP contribution in [0.1, 0.15) is 21.5 Å². The number of alkyl halides is 3. The molecule has 0 bridgehead atoms. The highest BCUT2D eigenvalue weighted by molar-refractivity contribution is 6.30. The predicted octanol–water partition coefficient (Wildman–Crippen LogP) is 5.99. The van der Waals surface area contributed by atoms with E-state index in [1.54, 1.807) is 37.3 Å². The lowest BCUT2D eigenvalue weighted by molar-refractivity contribution is -0.274. The van der Waals surface area contributed by atoms with Crippen LogP contribution in [0.4, 0.5) is 25.1 Å². The summed E-state index contributed by atoms with van der Waals surface area (Å²) < 4.78 is 42.8. The zero-order valence-corrected chi connectivity index (χ0v) is 19.1. The van der Waals surface area contributed by atoms with Gasteiger partial charge in [0.25, 0.3) is 5.91 Å². The Balaban J connectivity index is 1.62. The number of hydrogen-bond donors (Lipinski definition) is 2. The minimum atomic E-state index is -4.81. The van der Waals surface area contributed by atoms with Gasteiger partial charge in [-0.25, -0.2) is 0 Å². The third kappa shape index (κ3) is 6.30. The Kier molecular flexibility index (Phi) is 6.92. The van der Waals surface area contributed by atoms with Crippen molar-refractivity contribution >= 4 is 29.4 Å². The summed E-state index contributed by atoms with van der Waals surface area (Å²) >= 11 is 6.03. The van der Waals surface area contributed by atoms with Gasteiger partial charge in [0.15, 0.2) is 0 Å². The minimum absolute atomic E-state index is 0.0799. The van der Waals surface area contributed by atoms with Gasteiger partial charge in [-0.15, -0.1) is 18.3 Å². The lowest BCUT2D eigenvalue weighted by Gasteiger charge is -2.11. The van der Waals surface area contributed by atoms with Crippen LogP contribution in [0.3, 0.4) is 0 Å². The van der Waals surface area contributed by atoms with E-state index in [0.717, 1.165) is 23.3 Å². The first-order valence-electron chi connectivity index (χ1n) is 10.4. The van der Waals surface area contributed by atoms with Gasteiger partial charge in [0.05, 0.1) is 5.69 Å². The summed E-state index contributed by atoms with van der Waals surface area (Å²) in [6.07, 6.45) is -4.81. The van der Waals surface area contributed by atoms with Gasteiger partial charge in [0.2, 0.25) is 11.9 Å². The molecule has 0 saturated carbocycles. The van der Waals surface area contributed by atoms with Gasteiger partial charge in [-0.3, -0.25) is 10.1 Å². The number of nitrogens with zero attached hydrogens (tertiary/aromatic N) is 3. The van der Waals surface area contributed by atoms with Crippen LogP contribution < -0.4 is 15.4 Å². The van der Waals surface area contributed by atoms with Crippen LogP contribution in [-0.2, 0) is 6.54 Å². The summed E-state index contributed by atoms with van der Waals surface area (Å²) in [6, 6.07) is 19.3. The number of rotatable bonds is 7. The molecule has 11 heteroatoms. The zero-order valence-electron chi connectivity index (χ0n) is 18.3. The topological polar surface area (TPSA) is 81.1 Å². The van der Waals surface area contributed by atoms with Crippen molar-refractivity contribution in [3.05, 3.63) is 94.5 Å². The summed E-state index contributed by atoms with van der Waals surface area (Å²) in [5.41, 5.74) is 2.46. The molecular formula is C24H19ClF3N5O2. The largest absolute Gasteiger partial charge is 0.573 e. The van der Waals surface area contributed by atoms with Gasteiger partial charge >= 0.3 is 6.36 Å². The molecule has 0 radical (unpaired) electrons. The number of nitrogens with one attached hydrogen (secondary N) is 2. The number of carbonyl (C=O) groups is 1. The Morgan fingerprint density at radius 2 is 1.80 bits per heavy atom. The maximum atomic E-state index is 12.9. The van der Waals surface area contributed by atoms with Gasteiger partial charge in [0.1, 0.15) is 5.75 Å². The van der Waals surface area contributed by atoms with Crippen molar-refractivity contribution in [2.75, 3.05) is 10.6 Å². The molecule has 0 aliphatic rings. The lowest BCUT2D eigenvalue weighted by Crippen LogP contribution is -2.17. The first kappa shape index (κ1) is 24.1. The molecule has 2 N–H and O–H groups in total. The summed E-state index contributed by atoms with van der Waals surface area (Å²) in [6.45, 7) is 2.16. The Morgan fingerprint density at radius 1 is 1.06 bits per heavy atom. The molecule has 0 aliphatic carbocycles. The summed E-state index contributed by atoms with van der Waals surface area (Å²) in [5, 5.41) is 10.7. The minimum Gasteiger partial charge on any atom is -0.406 e. The number of ether oxygens (including phenoxy) is 1. The molecule has 0 fully saturated rings. The number of hydrogen-bond acceptors (Lipinski definition) is 5. The summed E-state index contributed by atoms with van der Waals surface area (Å²) in [5.74, 6) is -0.515. The number of amides is 1. The van der Waals surface area contributed by atoms with E-state index in [4.69, 9.17) is 11.6 Å². The van der Waals surface area contributed by atoms with Crippen LogP contribution in [0.15, 0.2) is 72.8 Å².